The van der Waals surface area contributed by atoms with E-state index >= 15 is 0 Å². The minimum absolute atomic E-state index is 0.585. The summed E-state index contributed by atoms with van der Waals surface area (Å²) in [6.07, 6.45) is 4.77. The van der Waals surface area contributed by atoms with Crippen LogP contribution in [0.2, 0.25) is 5.02 Å². The van der Waals surface area contributed by atoms with E-state index in [0.717, 1.165) is 42.7 Å². The Morgan fingerprint density at radius 2 is 2.28 bits per heavy atom. The van der Waals surface area contributed by atoms with Crippen LogP contribution in [0.15, 0.2) is 12.1 Å². The summed E-state index contributed by atoms with van der Waals surface area (Å²) < 4.78 is 5.78. The van der Waals surface area contributed by atoms with Crippen molar-refractivity contribution in [3.05, 3.63) is 28.3 Å². The topological polar surface area (TPSA) is 21.3 Å². The number of nitrogens with one attached hydrogen (secondary N) is 1. The SMILES string of the molecule is CCNC(Cc1cc(Cl)cc2c1OCC2)C1CC1. The van der Waals surface area contributed by atoms with Crippen molar-refractivity contribution in [3.8, 4) is 5.75 Å². The fraction of sp³-hybridized carbons (Fsp3) is 0.600. The third-order valence-corrected chi connectivity index (χ3v) is 4.14. The Balaban J connectivity index is 1.82. The number of likely N-dealkylation sites (N-methyl/N-ethyl adjacent to an activating group) is 1. The lowest BCUT2D eigenvalue weighted by Crippen LogP contribution is -2.33. The highest BCUT2D eigenvalue weighted by Gasteiger charge is 2.31. The Kier molecular flexibility index (Phi) is 3.49. The fourth-order valence-electron chi connectivity index (χ4n) is 2.90. The number of ether oxygens (including phenoxy) is 1. The Morgan fingerprint density at radius 3 is 3.00 bits per heavy atom. The summed E-state index contributed by atoms with van der Waals surface area (Å²) in [4.78, 5) is 0. The first kappa shape index (κ1) is 12.3. The zero-order chi connectivity index (χ0) is 12.5. The molecule has 2 aliphatic rings. The van der Waals surface area contributed by atoms with Gasteiger partial charge in [0.1, 0.15) is 5.75 Å². The van der Waals surface area contributed by atoms with Gasteiger partial charge in [0.2, 0.25) is 0 Å². The van der Waals surface area contributed by atoms with Crippen LogP contribution in [0.3, 0.4) is 0 Å². The number of fused-ring (bicyclic) bond motifs is 1. The molecule has 2 nitrogen and oxygen atoms in total. The third-order valence-electron chi connectivity index (χ3n) is 3.92. The van der Waals surface area contributed by atoms with Crippen molar-refractivity contribution in [1.29, 1.82) is 0 Å². The molecule has 98 valence electrons. The van der Waals surface area contributed by atoms with Crippen LogP contribution in [0.4, 0.5) is 0 Å². The monoisotopic (exact) mass is 265 g/mol. The maximum atomic E-state index is 6.21. The van der Waals surface area contributed by atoms with E-state index in [2.05, 4.69) is 18.3 Å². The molecular formula is C15H20ClNO. The average molecular weight is 266 g/mol. The van der Waals surface area contributed by atoms with Crippen LogP contribution < -0.4 is 10.1 Å². The van der Waals surface area contributed by atoms with Crippen LogP contribution in [0.1, 0.15) is 30.9 Å². The number of halogens is 1. The van der Waals surface area contributed by atoms with Gasteiger partial charge < -0.3 is 10.1 Å². The van der Waals surface area contributed by atoms with E-state index in [1.165, 1.54) is 24.0 Å². The molecule has 1 aliphatic carbocycles. The second-order valence-electron chi connectivity index (χ2n) is 5.36. The molecule has 0 amide bonds. The van der Waals surface area contributed by atoms with Crippen LogP contribution in [-0.4, -0.2) is 19.2 Å². The van der Waals surface area contributed by atoms with Gasteiger partial charge in [0.15, 0.2) is 0 Å². The van der Waals surface area contributed by atoms with Gasteiger partial charge in [0.25, 0.3) is 0 Å². The van der Waals surface area contributed by atoms with Crippen LogP contribution in [0.5, 0.6) is 5.75 Å². The lowest BCUT2D eigenvalue weighted by Gasteiger charge is -2.19. The van der Waals surface area contributed by atoms with Gasteiger partial charge in [-0.25, -0.2) is 0 Å². The van der Waals surface area contributed by atoms with Crippen LogP contribution in [-0.2, 0) is 12.8 Å². The minimum Gasteiger partial charge on any atom is -0.493 e. The largest absolute Gasteiger partial charge is 0.493 e. The summed E-state index contributed by atoms with van der Waals surface area (Å²) in [6, 6.07) is 4.72. The van der Waals surface area contributed by atoms with Crippen LogP contribution >= 0.6 is 11.6 Å². The molecule has 3 rings (SSSR count). The minimum atomic E-state index is 0.585. The fourth-order valence-corrected chi connectivity index (χ4v) is 3.16. The Hall–Kier alpha value is -0.730. The van der Waals surface area contributed by atoms with Crippen molar-refractivity contribution >= 4 is 11.6 Å². The quantitative estimate of drug-likeness (QED) is 0.883. The molecule has 1 unspecified atom stereocenters. The van der Waals surface area contributed by atoms with Gasteiger partial charge in [-0.05, 0) is 55.0 Å². The normalized spacial score (nSPS) is 19.4. The Bertz CT molecular complexity index is 442. The highest BCUT2D eigenvalue weighted by molar-refractivity contribution is 6.30. The van der Waals surface area contributed by atoms with Crippen molar-refractivity contribution in [2.24, 2.45) is 5.92 Å². The van der Waals surface area contributed by atoms with E-state index in [1.54, 1.807) is 0 Å². The smallest absolute Gasteiger partial charge is 0.125 e. The van der Waals surface area contributed by atoms with Gasteiger partial charge in [0.05, 0.1) is 6.61 Å². The van der Waals surface area contributed by atoms with Crippen molar-refractivity contribution < 1.29 is 4.74 Å². The standard InChI is InChI=1S/C15H20ClNO/c1-2-17-14(10-3-4-10)9-12-8-13(16)7-11-5-6-18-15(11)12/h7-8,10,14,17H,2-6,9H2,1H3. The maximum absolute atomic E-state index is 6.21. The van der Waals surface area contributed by atoms with E-state index in [1.807, 2.05) is 6.07 Å². The highest BCUT2D eigenvalue weighted by Crippen LogP contribution is 2.38. The lowest BCUT2D eigenvalue weighted by molar-refractivity contribution is 0.350. The molecule has 0 aromatic heterocycles. The molecule has 0 bridgehead atoms. The van der Waals surface area contributed by atoms with Crippen molar-refractivity contribution in [2.75, 3.05) is 13.2 Å². The summed E-state index contributed by atoms with van der Waals surface area (Å²) >= 11 is 6.21. The molecule has 1 N–H and O–H groups in total. The molecule has 0 spiro atoms. The van der Waals surface area contributed by atoms with E-state index in [4.69, 9.17) is 16.3 Å². The molecule has 1 heterocycles. The highest BCUT2D eigenvalue weighted by atomic mass is 35.5. The van der Waals surface area contributed by atoms with Crippen molar-refractivity contribution in [1.82, 2.24) is 5.32 Å². The average Bonchev–Trinajstić information content (AvgIpc) is 3.07. The summed E-state index contributed by atoms with van der Waals surface area (Å²) in [5.41, 5.74) is 2.57. The molecule has 0 radical (unpaired) electrons. The van der Waals surface area contributed by atoms with E-state index in [9.17, 15) is 0 Å². The summed E-state index contributed by atoms with van der Waals surface area (Å²) in [5.74, 6) is 1.95. The molecule has 1 saturated carbocycles. The zero-order valence-corrected chi connectivity index (χ0v) is 11.6. The molecule has 3 heteroatoms. The summed E-state index contributed by atoms with van der Waals surface area (Å²) in [7, 11) is 0. The van der Waals surface area contributed by atoms with Crippen LogP contribution in [0, 0.1) is 5.92 Å². The second-order valence-corrected chi connectivity index (χ2v) is 5.79. The third kappa shape index (κ3) is 2.50. The first-order valence-corrected chi connectivity index (χ1v) is 7.33. The first-order chi connectivity index (χ1) is 8.78. The predicted molar refractivity (Wildman–Crippen MR) is 74.5 cm³/mol. The van der Waals surface area contributed by atoms with Crippen molar-refractivity contribution in [2.45, 2.75) is 38.6 Å². The zero-order valence-electron chi connectivity index (χ0n) is 10.8. The van der Waals surface area contributed by atoms with Gasteiger partial charge >= 0.3 is 0 Å². The molecule has 1 aliphatic heterocycles. The number of benzene rings is 1. The number of rotatable bonds is 5. The van der Waals surface area contributed by atoms with Crippen molar-refractivity contribution in [3.63, 3.8) is 0 Å². The van der Waals surface area contributed by atoms with Gasteiger partial charge in [0, 0.05) is 17.5 Å². The first-order valence-electron chi connectivity index (χ1n) is 6.95. The van der Waals surface area contributed by atoms with Gasteiger partial charge in [-0.1, -0.05) is 18.5 Å². The van der Waals surface area contributed by atoms with Crippen LogP contribution in [0.25, 0.3) is 0 Å². The summed E-state index contributed by atoms with van der Waals surface area (Å²) in [5, 5.41) is 4.45. The van der Waals surface area contributed by atoms with Gasteiger partial charge in [-0.15, -0.1) is 0 Å². The van der Waals surface area contributed by atoms with E-state index in [-0.39, 0.29) is 0 Å². The molecule has 1 aromatic carbocycles. The predicted octanol–water partition coefficient (Wildman–Crippen LogP) is 3.21. The Labute approximate surface area is 114 Å². The van der Waals surface area contributed by atoms with E-state index in [0.29, 0.717) is 6.04 Å². The molecule has 18 heavy (non-hydrogen) atoms. The molecule has 1 fully saturated rings. The second kappa shape index (κ2) is 5.10. The Morgan fingerprint density at radius 1 is 1.44 bits per heavy atom. The molecule has 0 saturated heterocycles. The molecule has 1 atom stereocenters. The van der Waals surface area contributed by atoms with Gasteiger partial charge in [-0.3, -0.25) is 0 Å². The number of hydrogen-bond donors (Lipinski definition) is 1. The maximum Gasteiger partial charge on any atom is 0.125 e. The molecular weight excluding hydrogens is 246 g/mol. The molecule has 1 aromatic rings. The van der Waals surface area contributed by atoms with E-state index < -0.39 is 0 Å². The number of hydrogen-bond acceptors (Lipinski definition) is 2. The lowest BCUT2D eigenvalue weighted by atomic mass is 9.99. The van der Waals surface area contributed by atoms with Gasteiger partial charge in [-0.2, -0.15) is 0 Å². The summed E-state index contributed by atoms with van der Waals surface area (Å²) in [6.45, 7) is 4.01.